The van der Waals surface area contributed by atoms with Gasteiger partial charge in [-0.1, -0.05) is 12.1 Å². The van der Waals surface area contributed by atoms with E-state index in [0.717, 1.165) is 35.4 Å². The van der Waals surface area contributed by atoms with Crippen molar-refractivity contribution in [3.8, 4) is 11.1 Å². The van der Waals surface area contributed by atoms with E-state index in [1.165, 1.54) is 6.07 Å². The van der Waals surface area contributed by atoms with Gasteiger partial charge in [0.05, 0.1) is 29.9 Å². The molecule has 1 aliphatic heterocycles. The molecule has 0 spiro atoms. The van der Waals surface area contributed by atoms with E-state index in [9.17, 15) is 37.1 Å². The van der Waals surface area contributed by atoms with Gasteiger partial charge in [0, 0.05) is 12.6 Å². The average molecular weight is 511 g/mol. The molecule has 0 aliphatic carbocycles. The van der Waals surface area contributed by atoms with Crippen LogP contribution >= 0.6 is 0 Å². The fourth-order valence-corrected chi connectivity index (χ4v) is 3.69. The van der Waals surface area contributed by atoms with Gasteiger partial charge in [-0.2, -0.15) is 13.2 Å². The minimum Gasteiger partial charge on any atom is -0.478 e. The molecular weight excluding hydrogens is 486 g/mol. The normalized spacial score (nSPS) is 18.1. The van der Waals surface area contributed by atoms with E-state index in [1.807, 2.05) is 0 Å². The molecule has 0 radical (unpaired) electrons. The summed E-state index contributed by atoms with van der Waals surface area (Å²) in [4.78, 5) is 41.8. The third-order valence-electron chi connectivity index (χ3n) is 5.34. The van der Waals surface area contributed by atoms with Crippen molar-refractivity contribution in [2.75, 3.05) is 6.54 Å². The minimum absolute atomic E-state index is 0.107. The molecule has 1 aromatic heterocycles. The number of carbonyl (C=O) groups is 3. The summed E-state index contributed by atoms with van der Waals surface area (Å²) < 4.78 is 57.9. The van der Waals surface area contributed by atoms with Crippen molar-refractivity contribution in [1.29, 1.82) is 0 Å². The first-order chi connectivity index (χ1) is 16.7. The number of rotatable bonds is 5. The van der Waals surface area contributed by atoms with Crippen LogP contribution in [-0.4, -0.2) is 57.3 Å². The number of nitrogens with zero attached hydrogens (tertiary/aromatic N) is 2. The number of hydrogen-bond acceptors (Lipinski definition) is 5. The summed E-state index contributed by atoms with van der Waals surface area (Å²) in [6.45, 7) is 4.44. The van der Waals surface area contributed by atoms with E-state index >= 15 is 0 Å². The van der Waals surface area contributed by atoms with E-state index in [0.29, 0.717) is 0 Å². The molecule has 2 heterocycles. The average Bonchev–Trinajstić information content (AvgIpc) is 3.17. The lowest BCUT2D eigenvalue weighted by molar-refractivity contribution is -0.137. The first kappa shape index (κ1) is 26.9. The number of aromatic nitrogens is 1. The molecule has 0 saturated carbocycles. The smallest absolute Gasteiger partial charge is 0.416 e. The number of benzene rings is 1. The number of alkyl halides is 4. The predicted molar refractivity (Wildman–Crippen MR) is 120 cm³/mol. The van der Waals surface area contributed by atoms with Crippen LogP contribution in [0.4, 0.5) is 22.4 Å². The molecule has 0 bridgehead atoms. The molecule has 2 N–H and O–H groups in total. The highest BCUT2D eigenvalue weighted by molar-refractivity contribution is 5.95. The van der Waals surface area contributed by atoms with Crippen molar-refractivity contribution in [1.82, 2.24) is 15.2 Å². The van der Waals surface area contributed by atoms with E-state index in [2.05, 4.69) is 10.3 Å². The number of halogens is 4. The number of amides is 2. The molecule has 194 valence electrons. The van der Waals surface area contributed by atoms with Crippen LogP contribution in [0.5, 0.6) is 0 Å². The number of pyridine rings is 1. The second-order valence-electron chi connectivity index (χ2n) is 9.30. The monoisotopic (exact) mass is 511 g/mol. The van der Waals surface area contributed by atoms with Gasteiger partial charge in [0.2, 0.25) is 5.91 Å². The molecule has 12 heteroatoms. The number of ether oxygens (including phenoxy) is 1. The number of hydrogen-bond donors (Lipinski definition) is 2. The number of likely N-dealkylation sites (tertiary alicyclic amines) is 1. The Labute approximate surface area is 204 Å². The Hall–Kier alpha value is -3.70. The van der Waals surface area contributed by atoms with Gasteiger partial charge in [-0.05, 0) is 50.1 Å². The first-order valence-electron chi connectivity index (χ1n) is 11.0. The van der Waals surface area contributed by atoms with Gasteiger partial charge in [0.1, 0.15) is 17.8 Å². The maximum absolute atomic E-state index is 14.0. The van der Waals surface area contributed by atoms with Crippen LogP contribution in [0.2, 0.25) is 0 Å². The van der Waals surface area contributed by atoms with Crippen molar-refractivity contribution in [2.45, 2.75) is 57.7 Å². The summed E-state index contributed by atoms with van der Waals surface area (Å²) >= 11 is 0. The standard InChI is InChI=1S/C24H25F4N3O5/c1-23(2,3)36-22(35)31-12-15(25)8-19(31)20(32)30-10-16-9-17(18(11-29-16)21(33)34)13-4-6-14(7-5-13)24(26,27)28/h4-7,9,11,15,19H,8,10,12H2,1-3H3,(H,30,32)(H,33,34)/t15-,19+/m1/s1. The van der Waals surface area contributed by atoms with Gasteiger partial charge in [-0.15, -0.1) is 0 Å². The summed E-state index contributed by atoms with van der Waals surface area (Å²) in [6.07, 6.45) is -5.96. The van der Waals surface area contributed by atoms with Crippen LogP contribution in [-0.2, 0) is 22.3 Å². The summed E-state index contributed by atoms with van der Waals surface area (Å²) in [5.74, 6) is -1.98. The van der Waals surface area contributed by atoms with Crippen molar-refractivity contribution >= 4 is 18.0 Å². The molecule has 2 aromatic rings. The summed E-state index contributed by atoms with van der Waals surface area (Å²) in [7, 11) is 0. The Morgan fingerprint density at radius 3 is 2.36 bits per heavy atom. The molecule has 1 aromatic carbocycles. The molecule has 3 rings (SSSR count). The van der Waals surface area contributed by atoms with E-state index in [4.69, 9.17) is 4.74 Å². The Morgan fingerprint density at radius 2 is 1.81 bits per heavy atom. The van der Waals surface area contributed by atoms with E-state index in [1.54, 1.807) is 20.8 Å². The summed E-state index contributed by atoms with van der Waals surface area (Å²) in [5, 5.41) is 12.0. The fourth-order valence-electron chi connectivity index (χ4n) is 3.69. The van der Waals surface area contributed by atoms with Crippen LogP contribution < -0.4 is 5.32 Å². The minimum atomic E-state index is -4.55. The number of nitrogens with one attached hydrogen (secondary N) is 1. The van der Waals surface area contributed by atoms with E-state index in [-0.39, 0.29) is 41.9 Å². The Balaban J connectivity index is 1.78. The Kier molecular flexibility index (Phi) is 7.56. The number of carboxylic acids is 1. The molecular formula is C24H25F4N3O5. The lowest BCUT2D eigenvalue weighted by atomic mass is 9.99. The number of carbonyl (C=O) groups excluding carboxylic acids is 2. The highest BCUT2D eigenvalue weighted by Crippen LogP contribution is 2.32. The lowest BCUT2D eigenvalue weighted by Gasteiger charge is -2.27. The number of carboxylic acid groups (broad SMARTS) is 1. The molecule has 1 fully saturated rings. The van der Waals surface area contributed by atoms with Gasteiger partial charge in [-0.3, -0.25) is 14.7 Å². The lowest BCUT2D eigenvalue weighted by Crippen LogP contribution is -2.47. The molecule has 2 amide bonds. The zero-order valence-electron chi connectivity index (χ0n) is 19.7. The Morgan fingerprint density at radius 1 is 1.17 bits per heavy atom. The maximum Gasteiger partial charge on any atom is 0.416 e. The molecule has 36 heavy (non-hydrogen) atoms. The van der Waals surface area contributed by atoms with Crippen LogP contribution in [0.1, 0.15) is 48.8 Å². The van der Waals surface area contributed by atoms with Gasteiger partial charge < -0.3 is 15.2 Å². The van der Waals surface area contributed by atoms with Crippen molar-refractivity contribution in [3.05, 3.63) is 53.3 Å². The van der Waals surface area contributed by atoms with Gasteiger partial charge in [0.15, 0.2) is 0 Å². The highest BCUT2D eigenvalue weighted by atomic mass is 19.4. The number of aromatic carboxylic acids is 1. The van der Waals surface area contributed by atoms with Crippen LogP contribution in [0.3, 0.4) is 0 Å². The van der Waals surface area contributed by atoms with Crippen molar-refractivity contribution in [2.24, 2.45) is 0 Å². The Bertz CT molecular complexity index is 1150. The van der Waals surface area contributed by atoms with Crippen LogP contribution in [0.25, 0.3) is 11.1 Å². The molecule has 2 atom stereocenters. The van der Waals surface area contributed by atoms with E-state index < -0.39 is 47.5 Å². The van der Waals surface area contributed by atoms with Crippen molar-refractivity contribution < 1.29 is 41.8 Å². The second-order valence-corrected chi connectivity index (χ2v) is 9.30. The van der Waals surface area contributed by atoms with Gasteiger partial charge in [0.25, 0.3) is 0 Å². The maximum atomic E-state index is 14.0. The SMILES string of the molecule is CC(C)(C)OC(=O)N1C[C@H](F)C[C@H]1C(=O)NCc1cc(-c2ccc(C(F)(F)F)cc2)c(C(=O)O)cn1. The third kappa shape index (κ3) is 6.49. The summed E-state index contributed by atoms with van der Waals surface area (Å²) in [6, 6.07) is 4.19. The van der Waals surface area contributed by atoms with Gasteiger partial charge >= 0.3 is 18.2 Å². The summed E-state index contributed by atoms with van der Waals surface area (Å²) in [5.41, 5.74) is -1.43. The topological polar surface area (TPSA) is 109 Å². The molecule has 1 saturated heterocycles. The quantitative estimate of drug-likeness (QED) is 0.575. The third-order valence-corrected chi connectivity index (χ3v) is 5.34. The van der Waals surface area contributed by atoms with Crippen molar-refractivity contribution in [3.63, 3.8) is 0 Å². The zero-order chi connectivity index (χ0) is 26.8. The first-order valence-corrected chi connectivity index (χ1v) is 11.0. The molecule has 1 aliphatic rings. The molecule has 8 nitrogen and oxygen atoms in total. The van der Waals surface area contributed by atoms with Crippen LogP contribution in [0.15, 0.2) is 36.5 Å². The molecule has 0 unspecified atom stereocenters. The fraction of sp³-hybridized carbons (Fsp3) is 0.417. The second kappa shape index (κ2) is 10.1. The largest absolute Gasteiger partial charge is 0.478 e. The van der Waals surface area contributed by atoms with Crippen LogP contribution in [0, 0.1) is 0 Å². The predicted octanol–water partition coefficient (Wildman–Crippen LogP) is 4.43. The van der Waals surface area contributed by atoms with Gasteiger partial charge in [-0.25, -0.2) is 14.0 Å². The zero-order valence-corrected chi connectivity index (χ0v) is 19.7. The highest BCUT2D eigenvalue weighted by Gasteiger charge is 2.41.